The lowest BCUT2D eigenvalue weighted by Crippen LogP contribution is -2.38. The summed E-state index contributed by atoms with van der Waals surface area (Å²) in [5, 5.41) is 0. The molecule has 3 N–H and O–H groups in total. The molecule has 1 aliphatic heterocycles. The van der Waals surface area contributed by atoms with E-state index in [0.29, 0.717) is 23.5 Å². The number of nitrogens with one attached hydrogen (secondary N) is 1. The summed E-state index contributed by atoms with van der Waals surface area (Å²) in [7, 11) is -3.55. The van der Waals surface area contributed by atoms with Gasteiger partial charge in [0, 0.05) is 23.8 Å². The Kier molecular flexibility index (Phi) is 4.44. The van der Waals surface area contributed by atoms with Gasteiger partial charge in [0.05, 0.1) is 0 Å². The zero-order valence-corrected chi connectivity index (χ0v) is 13.0. The summed E-state index contributed by atoms with van der Waals surface area (Å²) in [6.45, 7) is 3.22. The van der Waals surface area contributed by atoms with Gasteiger partial charge in [-0.1, -0.05) is 6.92 Å². The number of sulfonamides is 1. The average molecular weight is 349 g/mol. The Morgan fingerprint density at radius 2 is 2.11 bits per heavy atom. The number of pyridine rings is 1. The summed E-state index contributed by atoms with van der Waals surface area (Å²) in [6.07, 6.45) is 3.27. The van der Waals surface area contributed by atoms with Crippen molar-refractivity contribution in [2.45, 2.75) is 24.7 Å². The van der Waals surface area contributed by atoms with Crippen LogP contribution in [-0.4, -0.2) is 30.8 Å². The smallest absolute Gasteiger partial charge is 0.246 e. The van der Waals surface area contributed by atoms with E-state index >= 15 is 0 Å². The molecule has 19 heavy (non-hydrogen) atoms. The van der Waals surface area contributed by atoms with Gasteiger partial charge in [0.2, 0.25) is 10.0 Å². The van der Waals surface area contributed by atoms with Crippen LogP contribution in [0.15, 0.2) is 21.6 Å². The van der Waals surface area contributed by atoms with Crippen LogP contribution >= 0.6 is 15.9 Å². The summed E-state index contributed by atoms with van der Waals surface area (Å²) in [5.41, 5.74) is 2.34. The van der Waals surface area contributed by atoms with Crippen LogP contribution in [0.2, 0.25) is 0 Å². The van der Waals surface area contributed by atoms with Crippen molar-refractivity contribution in [3.8, 4) is 0 Å². The maximum atomic E-state index is 12.6. The SMILES string of the molecule is CC1CCN(S(=O)(=O)c2cc(Br)cnc2NN)CC1. The minimum absolute atomic E-state index is 0.110. The van der Waals surface area contributed by atoms with Crippen LogP contribution in [-0.2, 0) is 10.0 Å². The number of nitrogens with zero attached hydrogens (tertiary/aromatic N) is 2. The van der Waals surface area contributed by atoms with Gasteiger partial charge in [0.1, 0.15) is 4.90 Å². The number of hydrogen-bond acceptors (Lipinski definition) is 5. The van der Waals surface area contributed by atoms with Gasteiger partial charge >= 0.3 is 0 Å². The standard InChI is InChI=1S/C11H17BrN4O2S/c1-8-2-4-16(5-3-8)19(17,18)10-6-9(12)7-14-11(10)15-13/h6-8H,2-5,13H2,1H3,(H,14,15). The second kappa shape index (κ2) is 5.74. The molecule has 6 nitrogen and oxygen atoms in total. The van der Waals surface area contributed by atoms with Crippen LogP contribution in [0.1, 0.15) is 19.8 Å². The molecular weight excluding hydrogens is 332 g/mol. The van der Waals surface area contributed by atoms with E-state index in [4.69, 9.17) is 5.84 Å². The predicted molar refractivity (Wildman–Crippen MR) is 76.9 cm³/mol. The summed E-state index contributed by atoms with van der Waals surface area (Å²) >= 11 is 3.24. The molecule has 1 aliphatic rings. The molecule has 0 aromatic carbocycles. The maximum absolute atomic E-state index is 12.6. The number of anilines is 1. The highest BCUT2D eigenvalue weighted by Crippen LogP contribution is 2.28. The van der Waals surface area contributed by atoms with Gasteiger partial charge in [0.15, 0.2) is 5.82 Å². The van der Waals surface area contributed by atoms with E-state index in [1.165, 1.54) is 16.6 Å². The molecule has 1 saturated heterocycles. The molecule has 1 aromatic heterocycles. The molecule has 1 fully saturated rings. The van der Waals surface area contributed by atoms with Gasteiger partial charge in [-0.15, -0.1) is 0 Å². The summed E-state index contributed by atoms with van der Waals surface area (Å²) in [6, 6.07) is 1.52. The third-order valence-electron chi connectivity index (χ3n) is 3.32. The van der Waals surface area contributed by atoms with Gasteiger partial charge in [-0.05, 0) is 40.8 Å². The monoisotopic (exact) mass is 348 g/mol. The largest absolute Gasteiger partial charge is 0.307 e. The quantitative estimate of drug-likeness (QED) is 0.639. The van der Waals surface area contributed by atoms with Crippen molar-refractivity contribution in [1.82, 2.24) is 9.29 Å². The summed E-state index contributed by atoms with van der Waals surface area (Å²) in [5.74, 6) is 6.08. The number of rotatable bonds is 3. The zero-order valence-electron chi connectivity index (χ0n) is 10.6. The molecule has 2 rings (SSSR count). The first-order chi connectivity index (χ1) is 8.95. The zero-order chi connectivity index (χ0) is 14.0. The van der Waals surface area contributed by atoms with E-state index in [1.54, 1.807) is 0 Å². The fourth-order valence-electron chi connectivity index (χ4n) is 2.09. The number of hydrogen-bond donors (Lipinski definition) is 2. The minimum atomic E-state index is -3.55. The molecule has 0 atom stereocenters. The first-order valence-electron chi connectivity index (χ1n) is 6.07. The Hall–Kier alpha value is -0.700. The van der Waals surface area contributed by atoms with Crippen molar-refractivity contribution in [3.05, 3.63) is 16.7 Å². The lowest BCUT2D eigenvalue weighted by atomic mass is 10.0. The molecule has 1 aromatic rings. The van der Waals surface area contributed by atoms with E-state index in [2.05, 4.69) is 33.3 Å². The van der Waals surface area contributed by atoms with Crippen LogP contribution in [0, 0.1) is 5.92 Å². The predicted octanol–water partition coefficient (Wildman–Crippen LogP) is 1.55. The van der Waals surface area contributed by atoms with Gasteiger partial charge in [0.25, 0.3) is 0 Å². The van der Waals surface area contributed by atoms with E-state index in [1.807, 2.05) is 0 Å². The first-order valence-corrected chi connectivity index (χ1v) is 8.30. The van der Waals surface area contributed by atoms with Gasteiger partial charge in [-0.25, -0.2) is 19.2 Å². The average Bonchev–Trinajstić information content (AvgIpc) is 2.39. The fraction of sp³-hybridized carbons (Fsp3) is 0.545. The van der Waals surface area contributed by atoms with E-state index in [-0.39, 0.29) is 10.7 Å². The second-order valence-electron chi connectivity index (χ2n) is 4.73. The van der Waals surface area contributed by atoms with E-state index < -0.39 is 10.0 Å². The molecular formula is C11H17BrN4O2S. The van der Waals surface area contributed by atoms with Crippen molar-refractivity contribution in [2.75, 3.05) is 18.5 Å². The van der Waals surface area contributed by atoms with E-state index in [0.717, 1.165) is 12.8 Å². The lowest BCUT2D eigenvalue weighted by Gasteiger charge is -2.29. The van der Waals surface area contributed by atoms with Crippen LogP contribution < -0.4 is 11.3 Å². The van der Waals surface area contributed by atoms with Crippen LogP contribution in [0.4, 0.5) is 5.82 Å². The molecule has 2 heterocycles. The van der Waals surface area contributed by atoms with Crippen molar-refractivity contribution in [2.24, 2.45) is 11.8 Å². The molecule has 0 saturated carbocycles. The maximum Gasteiger partial charge on any atom is 0.246 e. The Labute approximate surface area is 121 Å². The van der Waals surface area contributed by atoms with Crippen molar-refractivity contribution < 1.29 is 8.42 Å². The van der Waals surface area contributed by atoms with Crippen LogP contribution in [0.3, 0.4) is 0 Å². The number of halogens is 1. The number of nitrogen functional groups attached to an aromatic ring is 1. The van der Waals surface area contributed by atoms with Crippen molar-refractivity contribution in [3.63, 3.8) is 0 Å². The Morgan fingerprint density at radius 1 is 1.47 bits per heavy atom. The summed E-state index contributed by atoms with van der Waals surface area (Å²) in [4.78, 5) is 4.09. The second-order valence-corrected chi connectivity index (χ2v) is 7.55. The molecule has 0 amide bonds. The highest BCUT2D eigenvalue weighted by Gasteiger charge is 2.30. The minimum Gasteiger partial charge on any atom is -0.307 e. The van der Waals surface area contributed by atoms with Crippen molar-refractivity contribution in [1.29, 1.82) is 0 Å². The van der Waals surface area contributed by atoms with Crippen LogP contribution in [0.25, 0.3) is 0 Å². The van der Waals surface area contributed by atoms with Crippen molar-refractivity contribution >= 4 is 31.8 Å². The normalized spacial score (nSPS) is 18.5. The van der Waals surface area contributed by atoms with Crippen LogP contribution in [0.5, 0.6) is 0 Å². The Morgan fingerprint density at radius 3 is 2.68 bits per heavy atom. The first kappa shape index (κ1) is 14.7. The highest BCUT2D eigenvalue weighted by atomic mass is 79.9. The van der Waals surface area contributed by atoms with E-state index in [9.17, 15) is 8.42 Å². The number of aromatic nitrogens is 1. The Bertz CT molecular complexity index is 556. The molecule has 0 aliphatic carbocycles. The number of nitrogens with two attached hydrogens (primary N) is 1. The summed E-state index contributed by atoms with van der Waals surface area (Å²) < 4.78 is 27.3. The fourth-order valence-corrected chi connectivity index (χ4v) is 4.17. The van der Waals surface area contributed by atoms with Gasteiger partial charge in [-0.3, -0.25) is 0 Å². The topological polar surface area (TPSA) is 88.3 Å². The molecule has 0 spiro atoms. The third kappa shape index (κ3) is 3.07. The van der Waals surface area contributed by atoms with Gasteiger partial charge in [-0.2, -0.15) is 4.31 Å². The highest BCUT2D eigenvalue weighted by molar-refractivity contribution is 9.10. The molecule has 0 radical (unpaired) electrons. The number of hydrazine groups is 1. The van der Waals surface area contributed by atoms with Gasteiger partial charge < -0.3 is 5.43 Å². The molecule has 0 unspecified atom stereocenters. The third-order valence-corrected chi connectivity index (χ3v) is 5.66. The molecule has 8 heteroatoms. The number of piperidine rings is 1. The Balaban J connectivity index is 2.36. The lowest BCUT2D eigenvalue weighted by molar-refractivity contribution is 0.288. The molecule has 0 bridgehead atoms. The molecule has 106 valence electrons.